The number of rotatable bonds is 6. The standard InChI is InChI=1S/C11H19N3O3S/c1-3-17-8(2)7-14-10-5-4-9(12)6-11(10)18(13,15)16/h4-6,8,14H,3,7,12H2,1-2H3,(H2,13,15,16). The van der Waals surface area contributed by atoms with Gasteiger partial charge in [-0.15, -0.1) is 0 Å². The van der Waals surface area contributed by atoms with E-state index in [1.54, 1.807) is 12.1 Å². The third-order valence-corrected chi connectivity index (χ3v) is 3.29. The first-order chi connectivity index (χ1) is 8.34. The van der Waals surface area contributed by atoms with Gasteiger partial charge in [-0.05, 0) is 32.0 Å². The molecule has 0 aliphatic rings. The lowest BCUT2D eigenvalue weighted by molar-refractivity contribution is 0.0855. The van der Waals surface area contributed by atoms with Crippen molar-refractivity contribution in [2.24, 2.45) is 5.14 Å². The van der Waals surface area contributed by atoms with Crippen molar-refractivity contribution in [1.82, 2.24) is 0 Å². The fourth-order valence-corrected chi connectivity index (χ4v) is 2.26. The SMILES string of the molecule is CCOC(C)CNc1ccc(N)cc1S(N)(=O)=O. The average Bonchev–Trinajstić information content (AvgIpc) is 2.26. The van der Waals surface area contributed by atoms with E-state index < -0.39 is 10.0 Å². The van der Waals surface area contributed by atoms with E-state index in [9.17, 15) is 8.42 Å². The van der Waals surface area contributed by atoms with Crippen molar-refractivity contribution in [3.63, 3.8) is 0 Å². The molecule has 0 amide bonds. The molecule has 1 unspecified atom stereocenters. The van der Waals surface area contributed by atoms with Crippen molar-refractivity contribution < 1.29 is 13.2 Å². The Labute approximate surface area is 107 Å². The third-order valence-electron chi connectivity index (χ3n) is 2.34. The van der Waals surface area contributed by atoms with Gasteiger partial charge in [-0.25, -0.2) is 13.6 Å². The molecule has 0 aliphatic heterocycles. The molecule has 0 fully saturated rings. The monoisotopic (exact) mass is 273 g/mol. The fourth-order valence-electron chi connectivity index (χ4n) is 1.52. The van der Waals surface area contributed by atoms with E-state index in [0.717, 1.165) is 0 Å². The van der Waals surface area contributed by atoms with Crippen molar-refractivity contribution in [3.05, 3.63) is 18.2 Å². The van der Waals surface area contributed by atoms with Crippen LogP contribution in [0.15, 0.2) is 23.1 Å². The average molecular weight is 273 g/mol. The van der Waals surface area contributed by atoms with E-state index in [2.05, 4.69) is 5.32 Å². The third kappa shape index (κ3) is 4.17. The highest BCUT2D eigenvalue weighted by Crippen LogP contribution is 2.22. The minimum atomic E-state index is -3.80. The Morgan fingerprint density at radius 1 is 1.44 bits per heavy atom. The van der Waals surface area contributed by atoms with Crippen molar-refractivity contribution in [2.45, 2.75) is 24.8 Å². The van der Waals surface area contributed by atoms with Gasteiger partial charge < -0.3 is 15.8 Å². The number of benzene rings is 1. The summed E-state index contributed by atoms with van der Waals surface area (Å²) in [7, 11) is -3.80. The number of ether oxygens (including phenoxy) is 1. The van der Waals surface area contributed by atoms with E-state index in [4.69, 9.17) is 15.6 Å². The highest BCUT2D eigenvalue weighted by molar-refractivity contribution is 7.89. The lowest BCUT2D eigenvalue weighted by Gasteiger charge is -2.15. The number of nitrogens with two attached hydrogens (primary N) is 2. The van der Waals surface area contributed by atoms with Crippen LogP contribution in [0.1, 0.15) is 13.8 Å². The van der Waals surface area contributed by atoms with Crippen LogP contribution in [0.25, 0.3) is 0 Å². The van der Waals surface area contributed by atoms with Gasteiger partial charge in [0.15, 0.2) is 0 Å². The van der Waals surface area contributed by atoms with E-state index in [1.165, 1.54) is 6.07 Å². The van der Waals surface area contributed by atoms with Crippen molar-refractivity contribution >= 4 is 21.4 Å². The molecule has 0 saturated carbocycles. The maximum Gasteiger partial charge on any atom is 0.240 e. The van der Waals surface area contributed by atoms with Crippen LogP contribution in [-0.2, 0) is 14.8 Å². The summed E-state index contributed by atoms with van der Waals surface area (Å²) >= 11 is 0. The van der Waals surface area contributed by atoms with Crippen molar-refractivity contribution in [1.29, 1.82) is 0 Å². The quantitative estimate of drug-likeness (QED) is 0.663. The van der Waals surface area contributed by atoms with Crippen LogP contribution in [0.2, 0.25) is 0 Å². The molecule has 1 rings (SSSR count). The van der Waals surface area contributed by atoms with Crippen LogP contribution in [0.4, 0.5) is 11.4 Å². The van der Waals surface area contributed by atoms with E-state index in [-0.39, 0.29) is 11.0 Å². The maximum atomic E-state index is 11.4. The zero-order valence-corrected chi connectivity index (χ0v) is 11.3. The molecule has 7 heteroatoms. The summed E-state index contributed by atoms with van der Waals surface area (Å²) in [5.41, 5.74) is 6.33. The van der Waals surface area contributed by atoms with Gasteiger partial charge in [-0.1, -0.05) is 0 Å². The minimum Gasteiger partial charge on any atom is -0.399 e. The first-order valence-electron chi connectivity index (χ1n) is 5.62. The summed E-state index contributed by atoms with van der Waals surface area (Å²) in [6, 6.07) is 4.54. The molecule has 0 aliphatic carbocycles. The van der Waals surface area contributed by atoms with Crippen LogP contribution in [-0.4, -0.2) is 27.7 Å². The van der Waals surface area contributed by atoms with Gasteiger partial charge >= 0.3 is 0 Å². The molecule has 0 spiro atoms. The Morgan fingerprint density at radius 3 is 2.67 bits per heavy atom. The summed E-state index contributed by atoms with van der Waals surface area (Å²) in [5.74, 6) is 0. The number of hydrogen-bond acceptors (Lipinski definition) is 5. The van der Waals surface area contributed by atoms with E-state index >= 15 is 0 Å². The van der Waals surface area contributed by atoms with Gasteiger partial charge in [0, 0.05) is 18.8 Å². The Kier molecular flexibility index (Phi) is 4.94. The van der Waals surface area contributed by atoms with Crippen LogP contribution < -0.4 is 16.2 Å². The molecule has 5 N–H and O–H groups in total. The summed E-state index contributed by atoms with van der Waals surface area (Å²) in [5, 5.41) is 8.13. The second-order valence-electron chi connectivity index (χ2n) is 3.95. The minimum absolute atomic E-state index is 0.00815. The second kappa shape index (κ2) is 6.03. The zero-order chi connectivity index (χ0) is 13.8. The zero-order valence-electron chi connectivity index (χ0n) is 10.5. The fraction of sp³-hybridized carbons (Fsp3) is 0.455. The second-order valence-corrected chi connectivity index (χ2v) is 5.48. The van der Waals surface area contributed by atoms with Crippen LogP contribution in [0.3, 0.4) is 0 Å². The molecule has 1 aromatic carbocycles. The van der Waals surface area contributed by atoms with Crippen LogP contribution in [0, 0.1) is 0 Å². The maximum absolute atomic E-state index is 11.4. The van der Waals surface area contributed by atoms with Crippen molar-refractivity contribution in [2.75, 3.05) is 24.2 Å². The molecular weight excluding hydrogens is 254 g/mol. The molecule has 1 aromatic rings. The Morgan fingerprint density at radius 2 is 2.11 bits per heavy atom. The molecule has 1 atom stereocenters. The van der Waals surface area contributed by atoms with E-state index in [1.807, 2.05) is 13.8 Å². The Bertz CT molecular complexity index is 502. The normalized spacial score (nSPS) is 13.3. The summed E-state index contributed by atoms with van der Waals surface area (Å²) in [4.78, 5) is -0.00815. The molecule has 0 heterocycles. The van der Waals surface area contributed by atoms with Crippen LogP contribution >= 0.6 is 0 Å². The van der Waals surface area contributed by atoms with Crippen molar-refractivity contribution in [3.8, 4) is 0 Å². The number of nitrogen functional groups attached to an aromatic ring is 1. The summed E-state index contributed by atoms with van der Waals surface area (Å²) in [6.07, 6.45) is -0.0270. The Hall–Kier alpha value is -1.31. The number of sulfonamides is 1. The molecule has 18 heavy (non-hydrogen) atoms. The first-order valence-corrected chi connectivity index (χ1v) is 7.17. The molecule has 6 nitrogen and oxygen atoms in total. The molecular formula is C11H19N3O3S. The van der Waals surface area contributed by atoms with Gasteiger partial charge in [0.2, 0.25) is 10.0 Å². The molecule has 0 aromatic heterocycles. The molecule has 0 bridgehead atoms. The smallest absolute Gasteiger partial charge is 0.240 e. The first kappa shape index (κ1) is 14.7. The summed E-state index contributed by atoms with van der Waals surface area (Å²) in [6.45, 7) is 4.88. The molecule has 0 saturated heterocycles. The number of primary sulfonamides is 1. The van der Waals surface area contributed by atoms with Crippen LogP contribution in [0.5, 0.6) is 0 Å². The summed E-state index contributed by atoms with van der Waals surface area (Å²) < 4.78 is 28.2. The predicted octanol–water partition coefficient (Wildman–Crippen LogP) is 0.753. The van der Waals surface area contributed by atoms with Gasteiger partial charge in [-0.2, -0.15) is 0 Å². The number of nitrogens with one attached hydrogen (secondary N) is 1. The molecule has 0 radical (unpaired) electrons. The Balaban J connectivity index is 2.89. The topological polar surface area (TPSA) is 107 Å². The predicted molar refractivity (Wildman–Crippen MR) is 71.8 cm³/mol. The highest BCUT2D eigenvalue weighted by atomic mass is 32.2. The molecule has 102 valence electrons. The van der Waals surface area contributed by atoms with Gasteiger partial charge in [0.25, 0.3) is 0 Å². The largest absolute Gasteiger partial charge is 0.399 e. The lowest BCUT2D eigenvalue weighted by Crippen LogP contribution is -2.22. The van der Waals surface area contributed by atoms with E-state index in [0.29, 0.717) is 24.5 Å². The number of anilines is 2. The highest BCUT2D eigenvalue weighted by Gasteiger charge is 2.14. The number of hydrogen-bond donors (Lipinski definition) is 3. The van der Waals surface area contributed by atoms with Gasteiger partial charge in [0.1, 0.15) is 4.90 Å². The lowest BCUT2D eigenvalue weighted by atomic mass is 10.2. The van der Waals surface area contributed by atoms with Gasteiger partial charge in [0.05, 0.1) is 11.8 Å². The van der Waals surface area contributed by atoms with Gasteiger partial charge in [-0.3, -0.25) is 0 Å².